The molecule has 0 saturated heterocycles. The van der Waals surface area contributed by atoms with Crippen molar-refractivity contribution in [1.82, 2.24) is 9.88 Å². The van der Waals surface area contributed by atoms with Gasteiger partial charge >= 0.3 is 0 Å². The molecule has 122 valence electrons. The monoisotopic (exact) mass is 332 g/mol. The molecule has 0 spiro atoms. The summed E-state index contributed by atoms with van der Waals surface area (Å²) in [5.74, 6) is 1.63. The minimum atomic E-state index is -0.608. The topological polar surface area (TPSA) is 51.7 Å². The molecular weight excluding hydrogens is 312 g/mol. The standard InChI is InChI=1S/C17H20N2O3S/c1-12(2)9-19(10-16-18-7-8-23-16)17(20)15-11-21-13-5-3-4-6-14(13)22-15/h3-8,12,15H,9-11H2,1-2H3/t15-/m1/s1. The first-order valence-corrected chi connectivity index (χ1v) is 8.57. The fourth-order valence-electron chi connectivity index (χ4n) is 2.51. The van der Waals surface area contributed by atoms with Crippen LogP contribution in [0.25, 0.3) is 0 Å². The van der Waals surface area contributed by atoms with Crippen LogP contribution < -0.4 is 9.47 Å². The Balaban J connectivity index is 1.73. The Hall–Kier alpha value is -2.08. The summed E-state index contributed by atoms with van der Waals surface area (Å²) in [7, 11) is 0. The number of ether oxygens (including phenoxy) is 2. The number of nitrogens with zero attached hydrogens (tertiary/aromatic N) is 2. The third-order valence-corrected chi connectivity index (χ3v) is 4.26. The highest BCUT2D eigenvalue weighted by Gasteiger charge is 2.31. The number of benzene rings is 1. The van der Waals surface area contributed by atoms with Gasteiger partial charge in [0.05, 0.1) is 6.54 Å². The van der Waals surface area contributed by atoms with Crippen LogP contribution in [0.3, 0.4) is 0 Å². The molecule has 6 heteroatoms. The Kier molecular flexibility index (Phi) is 4.81. The zero-order chi connectivity index (χ0) is 16.2. The maximum Gasteiger partial charge on any atom is 0.267 e. The van der Waals surface area contributed by atoms with Gasteiger partial charge in [-0.15, -0.1) is 11.3 Å². The van der Waals surface area contributed by atoms with Gasteiger partial charge in [0, 0.05) is 18.1 Å². The van der Waals surface area contributed by atoms with Gasteiger partial charge in [0.2, 0.25) is 6.10 Å². The molecule has 3 rings (SSSR count). The lowest BCUT2D eigenvalue weighted by Gasteiger charge is -2.31. The molecule has 2 heterocycles. The lowest BCUT2D eigenvalue weighted by Crippen LogP contribution is -2.47. The SMILES string of the molecule is CC(C)CN(Cc1nccs1)C(=O)[C@H]1COc2ccccc2O1. The highest BCUT2D eigenvalue weighted by Crippen LogP contribution is 2.31. The van der Waals surface area contributed by atoms with Crippen molar-refractivity contribution in [1.29, 1.82) is 0 Å². The van der Waals surface area contributed by atoms with Gasteiger partial charge in [0.15, 0.2) is 11.5 Å². The average Bonchev–Trinajstić information content (AvgIpc) is 3.06. The number of hydrogen-bond donors (Lipinski definition) is 0. The summed E-state index contributed by atoms with van der Waals surface area (Å²) in [5, 5.41) is 2.85. The van der Waals surface area contributed by atoms with Crippen LogP contribution in [0.2, 0.25) is 0 Å². The molecule has 0 N–H and O–H groups in total. The van der Waals surface area contributed by atoms with Crippen molar-refractivity contribution >= 4 is 17.2 Å². The van der Waals surface area contributed by atoms with Gasteiger partial charge in [-0.05, 0) is 18.1 Å². The van der Waals surface area contributed by atoms with Crippen LogP contribution in [0.1, 0.15) is 18.9 Å². The Morgan fingerprint density at radius 2 is 2.17 bits per heavy atom. The zero-order valence-electron chi connectivity index (χ0n) is 13.3. The van der Waals surface area contributed by atoms with Gasteiger partial charge in [-0.25, -0.2) is 4.98 Å². The number of carbonyl (C=O) groups excluding carboxylic acids is 1. The van der Waals surface area contributed by atoms with Gasteiger partial charge in [0.1, 0.15) is 11.6 Å². The molecule has 1 aromatic heterocycles. The predicted octanol–water partition coefficient (Wildman–Crippen LogP) is 2.97. The molecule has 0 fully saturated rings. The van der Waals surface area contributed by atoms with Crippen LogP contribution in [-0.2, 0) is 11.3 Å². The van der Waals surface area contributed by atoms with E-state index in [0.717, 1.165) is 5.01 Å². The van der Waals surface area contributed by atoms with Crippen molar-refractivity contribution in [3.63, 3.8) is 0 Å². The summed E-state index contributed by atoms with van der Waals surface area (Å²) in [6.07, 6.45) is 1.15. The summed E-state index contributed by atoms with van der Waals surface area (Å²) in [6.45, 7) is 5.60. The first kappa shape index (κ1) is 15.8. The molecule has 0 bridgehead atoms. The number of para-hydroxylation sites is 2. The van der Waals surface area contributed by atoms with E-state index in [1.807, 2.05) is 34.5 Å². The second-order valence-corrected chi connectivity index (χ2v) is 6.88. The van der Waals surface area contributed by atoms with Crippen molar-refractivity contribution in [2.24, 2.45) is 5.92 Å². The van der Waals surface area contributed by atoms with Crippen molar-refractivity contribution in [2.45, 2.75) is 26.5 Å². The van der Waals surface area contributed by atoms with Crippen molar-refractivity contribution in [3.05, 3.63) is 40.8 Å². The summed E-state index contributed by atoms with van der Waals surface area (Å²) < 4.78 is 11.5. The molecule has 5 nitrogen and oxygen atoms in total. The highest BCUT2D eigenvalue weighted by molar-refractivity contribution is 7.09. The zero-order valence-corrected chi connectivity index (χ0v) is 14.1. The molecule has 1 amide bonds. The number of amides is 1. The Labute approximate surface area is 139 Å². The van der Waals surface area contributed by atoms with E-state index in [9.17, 15) is 4.79 Å². The lowest BCUT2D eigenvalue weighted by molar-refractivity contribution is -0.142. The maximum atomic E-state index is 12.9. The lowest BCUT2D eigenvalue weighted by atomic mass is 10.2. The molecule has 1 aliphatic rings. The second-order valence-electron chi connectivity index (χ2n) is 5.90. The Morgan fingerprint density at radius 1 is 1.39 bits per heavy atom. The number of rotatable bonds is 5. The second kappa shape index (κ2) is 7.00. The van der Waals surface area contributed by atoms with Crippen LogP contribution in [0.4, 0.5) is 0 Å². The van der Waals surface area contributed by atoms with E-state index in [2.05, 4.69) is 18.8 Å². The minimum Gasteiger partial charge on any atom is -0.485 e. The van der Waals surface area contributed by atoms with E-state index in [1.54, 1.807) is 17.5 Å². The maximum absolute atomic E-state index is 12.9. The molecule has 0 saturated carbocycles. The van der Waals surface area contributed by atoms with Crippen LogP contribution >= 0.6 is 11.3 Å². The van der Waals surface area contributed by atoms with Crippen LogP contribution in [0, 0.1) is 5.92 Å². The quantitative estimate of drug-likeness (QED) is 0.845. The minimum absolute atomic E-state index is 0.0524. The van der Waals surface area contributed by atoms with Gasteiger partial charge < -0.3 is 14.4 Å². The highest BCUT2D eigenvalue weighted by atomic mass is 32.1. The van der Waals surface area contributed by atoms with E-state index >= 15 is 0 Å². The summed E-state index contributed by atoms with van der Waals surface area (Å²) >= 11 is 1.55. The summed E-state index contributed by atoms with van der Waals surface area (Å²) in [6, 6.07) is 7.42. The summed E-state index contributed by atoms with van der Waals surface area (Å²) in [5.41, 5.74) is 0. The van der Waals surface area contributed by atoms with Crippen molar-refractivity contribution in [3.8, 4) is 11.5 Å². The molecule has 1 aliphatic heterocycles. The predicted molar refractivity (Wildman–Crippen MR) is 88.7 cm³/mol. The average molecular weight is 332 g/mol. The van der Waals surface area contributed by atoms with E-state index < -0.39 is 6.10 Å². The number of aromatic nitrogens is 1. The molecule has 0 radical (unpaired) electrons. The molecule has 0 unspecified atom stereocenters. The Bertz CT molecular complexity index is 658. The normalized spacial score (nSPS) is 16.4. The van der Waals surface area contributed by atoms with Gasteiger partial charge in [-0.1, -0.05) is 26.0 Å². The van der Waals surface area contributed by atoms with E-state index in [0.29, 0.717) is 30.5 Å². The largest absolute Gasteiger partial charge is 0.485 e. The Morgan fingerprint density at radius 3 is 2.87 bits per heavy atom. The van der Waals surface area contributed by atoms with Crippen LogP contribution in [0.5, 0.6) is 11.5 Å². The molecule has 1 aromatic carbocycles. The number of thiazole rings is 1. The van der Waals surface area contributed by atoms with Crippen LogP contribution in [0.15, 0.2) is 35.8 Å². The first-order chi connectivity index (χ1) is 11.1. The molecule has 0 aliphatic carbocycles. The number of hydrogen-bond acceptors (Lipinski definition) is 5. The van der Waals surface area contributed by atoms with Crippen LogP contribution in [-0.4, -0.2) is 35.0 Å². The molecular formula is C17H20N2O3S. The van der Waals surface area contributed by atoms with Gasteiger partial charge in [-0.2, -0.15) is 0 Å². The van der Waals surface area contributed by atoms with E-state index in [4.69, 9.17) is 9.47 Å². The molecule has 23 heavy (non-hydrogen) atoms. The fourth-order valence-corrected chi connectivity index (χ4v) is 3.14. The third kappa shape index (κ3) is 3.82. The molecule has 1 atom stereocenters. The number of fused-ring (bicyclic) bond motifs is 1. The number of carbonyl (C=O) groups is 1. The smallest absolute Gasteiger partial charge is 0.267 e. The molecule has 2 aromatic rings. The fraction of sp³-hybridized carbons (Fsp3) is 0.412. The van der Waals surface area contributed by atoms with Crippen molar-refractivity contribution < 1.29 is 14.3 Å². The van der Waals surface area contributed by atoms with Gasteiger partial charge in [0.25, 0.3) is 5.91 Å². The third-order valence-electron chi connectivity index (χ3n) is 3.49. The van der Waals surface area contributed by atoms with E-state index in [1.165, 1.54) is 0 Å². The van der Waals surface area contributed by atoms with Crippen molar-refractivity contribution in [2.75, 3.05) is 13.2 Å². The van der Waals surface area contributed by atoms with E-state index in [-0.39, 0.29) is 12.5 Å². The summed E-state index contributed by atoms with van der Waals surface area (Å²) in [4.78, 5) is 19.0. The van der Waals surface area contributed by atoms with Gasteiger partial charge in [-0.3, -0.25) is 4.79 Å². The first-order valence-electron chi connectivity index (χ1n) is 7.69.